The van der Waals surface area contributed by atoms with Gasteiger partial charge in [0, 0.05) is 25.2 Å². The maximum Gasteiger partial charge on any atom is 0.233 e. The molecule has 1 heterocycles. The van der Waals surface area contributed by atoms with Crippen LogP contribution in [0.3, 0.4) is 0 Å². The Morgan fingerprint density at radius 1 is 1.69 bits per heavy atom. The number of nitrogens with zero attached hydrogens (tertiary/aromatic N) is 1. The lowest BCUT2D eigenvalue weighted by Gasteiger charge is -2.44. The van der Waals surface area contributed by atoms with Gasteiger partial charge in [-0.25, -0.2) is 0 Å². The molecule has 0 aromatic heterocycles. The third-order valence-electron chi connectivity index (χ3n) is 2.57. The summed E-state index contributed by atoms with van der Waals surface area (Å²) < 4.78 is 0. The maximum absolute atomic E-state index is 10.9. The van der Waals surface area contributed by atoms with Gasteiger partial charge in [-0.05, 0) is 20.3 Å². The Kier molecular flexibility index (Phi) is 3.69. The Hall–Kier alpha value is -0.610. The number of hydrogen-bond donors (Lipinski definition) is 2. The Bertz CT molecular complexity index is 182. The smallest absolute Gasteiger partial charge is 0.233 e. The molecule has 1 saturated heterocycles. The number of carbonyl (C=O) groups excluding carboxylic acids is 1. The summed E-state index contributed by atoms with van der Waals surface area (Å²) in [4.78, 5) is 13.3. The summed E-state index contributed by atoms with van der Waals surface area (Å²) >= 11 is 0. The number of rotatable bonds is 4. The highest BCUT2D eigenvalue weighted by Gasteiger charge is 2.29. The van der Waals surface area contributed by atoms with Crippen LogP contribution in [0.1, 0.15) is 20.3 Å². The number of carbonyl (C=O) groups is 1. The Balaban J connectivity index is 2.19. The molecule has 0 aromatic carbocycles. The van der Waals surface area contributed by atoms with E-state index in [1.54, 1.807) is 0 Å². The minimum atomic E-state index is -0.0596. The standard InChI is InChI=1S/C9H19N3O/c1-7(2)12-4-3-8(12)6-11-9(13)5-10/h7-8H,3-6,10H2,1-2H3,(H,11,13). The summed E-state index contributed by atoms with van der Waals surface area (Å²) in [5.41, 5.74) is 5.19. The minimum Gasteiger partial charge on any atom is -0.353 e. The lowest BCUT2D eigenvalue weighted by atomic mass is 10.0. The zero-order valence-electron chi connectivity index (χ0n) is 8.42. The summed E-state index contributed by atoms with van der Waals surface area (Å²) in [5, 5.41) is 2.81. The lowest BCUT2D eigenvalue weighted by molar-refractivity contribution is -0.120. The highest BCUT2D eigenvalue weighted by atomic mass is 16.1. The zero-order chi connectivity index (χ0) is 9.84. The molecule has 0 saturated carbocycles. The monoisotopic (exact) mass is 185 g/mol. The SMILES string of the molecule is CC(C)N1CCC1CNC(=O)CN. The van der Waals surface area contributed by atoms with Crippen molar-refractivity contribution in [3.8, 4) is 0 Å². The fourth-order valence-electron chi connectivity index (χ4n) is 1.66. The number of hydrogen-bond acceptors (Lipinski definition) is 3. The average Bonchev–Trinajstić information content (AvgIpc) is 2.01. The average molecular weight is 185 g/mol. The number of nitrogens with two attached hydrogens (primary N) is 1. The number of nitrogens with one attached hydrogen (secondary N) is 1. The molecule has 76 valence electrons. The summed E-state index contributed by atoms with van der Waals surface area (Å²) in [6.07, 6.45) is 1.18. The summed E-state index contributed by atoms with van der Waals surface area (Å²) in [6.45, 7) is 6.34. The van der Waals surface area contributed by atoms with Crippen molar-refractivity contribution in [2.75, 3.05) is 19.6 Å². The molecule has 0 spiro atoms. The van der Waals surface area contributed by atoms with Gasteiger partial charge in [-0.2, -0.15) is 0 Å². The minimum absolute atomic E-state index is 0.0596. The quantitative estimate of drug-likeness (QED) is 0.623. The molecule has 0 radical (unpaired) electrons. The molecule has 0 aromatic rings. The first-order chi connectivity index (χ1) is 6.15. The second-order valence-electron chi connectivity index (χ2n) is 3.78. The fourth-order valence-corrected chi connectivity index (χ4v) is 1.66. The molecule has 1 amide bonds. The van der Waals surface area contributed by atoms with Crippen LogP contribution in [0, 0.1) is 0 Å². The first-order valence-corrected chi connectivity index (χ1v) is 4.87. The van der Waals surface area contributed by atoms with Crippen LogP contribution < -0.4 is 11.1 Å². The fraction of sp³-hybridized carbons (Fsp3) is 0.889. The van der Waals surface area contributed by atoms with Crippen LogP contribution in [0.4, 0.5) is 0 Å². The molecule has 1 unspecified atom stereocenters. The van der Waals surface area contributed by atoms with Crippen LogP contribution in [-0.4, -0.2) is 42.5 Å². The van der Waals surface area contributed by atoms with Crippen LogP contribution in [0.15, 0.2) is 0 Å². The van der Waals surface area contributed by atoms with Gasteiger partial charge in [0.1, 0.15) is 0 Å². The van der Waals surface area contributed by atoms with Crippen LogP contribution in [0.2, 0.25) is 0 Å². The highest BCUT2D eigenvalue weighted by Crippen LogP contribution is 2.19. The van der Waals surface area contributed by atoms with Crippen molar-refractivity contribution < 1.29 is 4.79 Å². The molecule has 0 aliphatic carbocycles. The maximum atomic E-state index is 10.9. The van der Waals surface area contributed by atoms with Gasteiger partial charge in [-0.1, -0.05) is 0 Å². The molecule has 1 aliphatic rings. The zero-order valence-corrected chi connectivity index (χ0v) is 8.42. The van der Waals surface area contributed by atoms with Crippen molar-refractivity contribution in [1.82, 2.24) is 10.2 Å². The van der Waals surface area contributed by atoms with E-state index in [4.69, 9.17) is 5.73 Å². The van der Waals surface area contributed by atoms with Gasteiger partial charge in [-0.15, -0.1) is 0 Å². The van der Waals surface area contributed by atoms with Gasteiger partial charge in [0.2, 0.25) is 5.91 Å². The molecule has 1 rings (SSSR count). The first kappa shape index (κ1) is 10.5. The molecule has 4 nitrogen and oxygen atoms in total. The topological polar surface area (TPSA) is 58.4 Å². The molecular formula is C9H19N3O. The van der Waals surface area contributed by atoms with Crippen molar-refractivity contribution in [3.63, 3.8) is 0 Å². The van der Waals surface area contributed by atoms with Gasteiger partial charge >= 0.3 is 0 Å². The van der Waals surface area contributed by atoms with Crippen LogP contribution in [-0.2, 0) is 4.79 Å². The van der Waals surface area contributed by atoms with E-state index in [2.05, 4.69) is 24.1 Å². The van der Waals surface area contributed by atoms with Gasteiger partial charge < -0.3 is 11.1 Å². The Labute approximate surface area is 79.5 Å². The second-order valence-corrected chi connectivity index (χ2v) is 3.78. The second kappa shape index (κ2) is 4.58. The van der Waals surface area contributed by atoms with Crippen LogP contribution in [0.25, 0.3) is 0 Å². The third-order valence-corrected chi connectivity index (χ3v) is 2.57. The normalized spacial score (nSPS) is 22.9. The summed E-state index contributed by atoms with van der Waals surface area (Å²) in [7, 11) is 0. The van der Waals surface area contributed by atoms with Crippen LogP contribution >= 0.6 is 0 Å². The van der Waals surface area contributed by atoms with E-state index < -0.39 is 0 Å². The van der Waals surface area contributed by atoms with Crippen LogP contribution in [0.5, 0.6) is 0 Å². The summed E-state index contributed by atoms with van der Waals surface area (Å²) in [5.74, 6) is -0.0596. The molecule has 4 heteroatoms. The van der Waals surface area contributed by atoms with E-state index in [9.17, 15) is 4.79 Å². The van der Waals surface area contributed by atoms with E-state index in [1.807, 2.05) is 0 Å². The molecule has 0 bridgehead atoms. The highest BCUT2D eigenvalue weighted by molar-refractivity contribution is 5.77. The molecule has 1 fully saturated rings. The predicted molar refractivity (Wildman–Crippen MR) is 52.3 cm³/mol. The van der Waals surface area contributed by atoms with E-state index in [1.165, 1.54) is 6.42 Å². The van der Waals surface area contributed by atoms with Crippen molar-refractivity contribution in [1.29, 1.82) is 0 Å². The van der Waals surface area contributed by atoms with Gasteiger partial charge in [0.25, 0.3) is 0 Å². The Morgan fingerprint density at radius 2 is 2.38 bits per heavy atom. The van der Waals surface area contributed by atoms with Crippen molar-refractivity contribution in [2.24, 2.45) is 5.73 Å². The molecule has 1 atom stereocenters. The first-order valence-electron chi connectivity index (χ1n) is 4.87. The van der Waals surface area contributed by atoms with Gasteiger partial charge in [0.05, 0.1) is 6.54 Å². The van der Waals surface area contributed by atoms with E-state index in [0.29, 0.717) is 12.1 Å². The van der Waals surface area contributed by atoms with Crippen molar-refractivity contribution in [2.45, 2.75) is 32.4 Å². The molecular weight excluding hydrogens is 166 g/mol. The molecule has 13 heavy (non-hydrogen) atoms. The van der Waals surface area contributed by atoms with Gasteiger partial charge in [0.15, 0.2) is 0 Å². The van der Waals surface area contributed by atoms with E-state index in [0.717, 1.165) is 13.1 Å². The van der Waals surface area contributed by atoms with Gasteiger partial charge in [-0.3, -0.25) is 9.69 Å². The summed E-state index contributed by atoms with van der Waals surface area (Å²) in [6, 6.07) is 1.10. The number of amides is 1. The molecule has 3 N–H and O–H groups in total. The molecule has 1 aliphatic heterocycles. The predicted octanol–water partition coefficient (Wildman–Crippen LogP) is -0.456. The lowest BCUT2D eigenvalue weighted by Crippen LogP contribution is -2.56. The van der Waals surface area contributed by atoms with E-state index in [-0.39, 0.29) is 12.5 Å². The van der Waals surface area contributed by atoms with E-state index >= 15 is 0 Å². The Morgan fingerprint density at radius 3 is 2.77 bits per heavy atom. The largest absolute Gasteiger partial charge is 0.353 e. The third kappa shape index (κ3) is 2.67. The van der Waals surface area contributed by atoms with Crippen molar-refractivity contribution >= 4 is 5.91 Å². The number of likely N-dealkylation sites (tertiary alicyclic amines) is 1. The van der Waals surface area contributed by atoms with Crippen molar-refractivity contribution in [3.05, 3.63) is 0 Å².